The molecule has 1 heterocycles. The smallest absolute Gasteiger partial charge is 0.0383 e. The zero-order valence-corrected chi connectivity index (χ0v) is 13.0. The highest BCUT2D eigenvalue weighted by Crippen LogP contribution is 2.25. The molecule has 1 unspecified atom stereocenters. The van der Waals surface area contributed by atoms with Crippen LogP contribution in [0.1, 0.15) is 31.7 Å². The maximum Gasteiger partial charge on any atom is 0.0383 e. The second kappa shape index (κ2) is 6.58. The van der Waals surface area contributed by atoms with E-state index < -0.39 is 0 Å². The van der Waals surface area contributed by atoms with Crippen molar-refractivity contribution in [3.8, 4) is 0 Å². The first-order valence-corrected chi connectivity index (χ1v) is 7.74. The largest absolute Gasteiger partial charge is 0.382 e. The highest BCUT2D eigenvalue weighted by atomic mass is 79.9. The van der Waals surface area contributed by atoms with Crippen LogP contribution in [0.4, 0.5) is 5.69 Å². The van der Waals surface area contributed by atoms with E-state index in [1.165, 1.54) is 54.6 Å². The normalized spacial score (nSPS) is 21.6. The van der Waals surface area contributed by atoms with Crippen LogP contribution in [0.15, 0.2) is 22.7 Å². The molecule has 1 aromatic carbocycles. The number of likely N-dealkylation sites (tertiary alicyclic amines) is 1. The van der Waals surface area contributed by atoms with Crippen LogP contribution in [0.25, 0.3) is 0 Å². The van der Waals surface area contributed by atoms with Gasteiger partial charge in [-0.25, -0.2) is 0 Å². The first kappa shape index (κ1) is 13.9. The quantitative estimate of drug-likeness (QED) is 0.906. The van der Waals surface area contributed by atoms with Crippen molar-refractivity contribution in [2.75, 3.05) is 25.0 Å². The van der Waals surface area contributed by atoms with Crippen LogP contribution in [-0.4, -0.2) is 30.6 Å². The van der Waals surface area contributed by atoms with Crippen molar-refractivity contribution in [1.29, 1.82) is 0 Å². The molecule has 2 rings (SSSR count). The average Bonchev–Trinajstić information content (AvgIpc) is 2.60. The Kier molecular flexibility index (Phi) is 5.07. The molecule has 100 valence electrons. The minimum atomic E-state index is 0.620. The van der Waals surface area contributed by atoms with E-state index in [0.717, 1.165) is 0 Å². The first-order chi connectivity index (χ1) is 8.70. The van der Waals surface area contributed by atoms with Gasteiger partial charge in [0.2, 0.25) is 0 Å². The highest BCUT2D eigenvalue weighted by molar-refractivity contribution is 9.10. The Morgan fingerprint density at radius 3 is 2.94 bits per heavy atom. The fourth-order valence-corrected chi connectivity index (χ4v) is 2.97. The van der Waals surface area contributed by atoms with Crippen LogP contribution in [-0.2, 0) is 0 Å². The molecular formula is C15H23BrN2. The van der Waals surface area contributed by atoms with E-state index in [-0.39, 0.29) is 0 Å². The fourth-order valence-electron chi connectivity index (χ4n) is 2.60. The van der Waals surface area contributed by atoms with E-state index in [2.05, 4.69) is 58.2 Å². The summed E-state index contributed by atoms with van der Waals surface area (Å²) < 4.78 is 1.19. The summed E-state index contributed by atoms with van der Waals surface area (Å²) in [4.78, 5) is 2.55. The summed E-state index contributed by atoms with van der Waals surface area (Å²) in [5.74, 6) is 0. The number of benzene rings is 1. The van der Waals surface area contributed by atoms with E-state index in [1.54, 1.807) is 0 Å². The van der Waals surface area contributed by atoms with E-state index in [4.69, 9.17) is 0 Å². The minimum Gasteiger partial charge on any atom is -0.382 e. The third-order valence-electron chi connectivity index (χ3n) is 3.90. The molecule has 3 heteroatoms. The van der Waals surface area contributed by atoms with Crippen molar-refractivity contribution >= 4 is 21.6 Å². The second-order valence-electron chi connectivity index (χ2n) is 5.12. The van der Waals surface area contributed by atoms with Gasteiger partial charge in [-0.2, -0.15) is 0 Å². The molecular weight excluding hydrogens is 288 g/mol. The third-order valence-corrected chi connectivity index (χ3v) is 4.75. The van der Waals surface area contributed by atoms with Gasteiger partial charge in [0.15, 0.2) is 0 Å². The SMILES string of the molecule is CCN1CCCC(Nc2cccc(Br)c2C)CC1. The summed E-state index contributed by atoms with van der Waals surface area (Å²) >= 11 is 3.60. The Morgan fingerprint density at radius 2 is 2.17 bits per heavy atom. The monoisotopic (exact) mass is 310 g/mol. The van der Waals surface area contributed by atoms with Gasteiger partial charge < -0.3 is 10.2 Å². The molecule has 0 radical (unpaired) electrons. The minimum absolute atomic E-state index is 0.620. The molecule has 2 nitrogen and oxygen atoms in total. The number of nitrogens with one attached hydrogen (secondary N) is 1. The zero-order valence-electron chi connectivity index (χ0n) is 11.4. The third kappa shape index (κ3) is 3.48. The van der Waals surface area contributed by atoms with Gasteiger partial charge in [-0.05, 0) is 57.0 Å². The lowest BCUT2D eigenvalue weighted by atomic mass is 10.1. The number of hydrogen-bond acceptors (Lipinski definition) is 2. The molecule has 1 N–H and O–H groups in total. The Bertz CT molecular complexity index is 392. The fraction of sp³-hybridized carbons (Fsp3) is 0.600. The van der Waals surface area contributed by atoms with Gasteiger partial charge in [-0.1, -0.05) is 28.9 Å². The van der Waals surface area contributed by atoms with E-state index in [1.807, 2.05) is 0 Å². The van der Waals surface area contributed by atoms with Gasteiger partial charge in [-0.15, -0.1) is 0 Å². The Morgan fingerprint density at radius 1 is 1.33 bits per heavy atom. The lowest BCUT2D eigenvalue weighted by Crippen LogP contribution is -2.26. The molecule has 1 aliphatic rings. The molecule has 1 atom stereocenters. The maximum absolute atomic E-state index is 3.72. The van der Waals surface area contributed by atoms with Crippen molar-refractivity contribution in [2.24, 2.45) is 0 Å². The van der Waals surface area contributed by atoms with Crippen molar-refractivity contribution in [3.05, 3.63) is 28.2 Å². The molecule has 1 fully saturated rings. The summed E-state index contributed by atoms with van der Waals surface area (Å²) in [7, 11) is 0. The predicted octanol–water partition coefficient (Wildman–Crippen LogP) is 4.04. The van der Waals surface area contributed by atoms with Crippen LogP contribution in [0.2, 0.25) is 0 Å². The standard InChI is InChI=1S/C15H23BrN2/c1-3-18-10-5-6-13(9-11-18)17-15-8-4-7-14(16)12(15)2/h4,7-8,13,17H,3,5-6,9-11H2,1-2H3. The van der Waals surface area contributed by atoms with Crippen LogP contribution >= 0.6 is 15.9 Å². The van der Waals surface area contributed by atoms with E-state index in [0.29, 0.717) is 6.04 Å². The molecule has 18 heavy (non-hydrogen) atoms. The van der Waals surface area contributed by atoms with Crippen molar-refractivity contribution < 1.29 is 0 Å². The molecule has 0 saturated carbocycles. The van der Waals surface area contributed by atoms with Crippen molar-refractivity contribution in [3.63, 3.8) is 0 Å². The number of nitrogens with zero attached hydrogens (tertiary/aromatic N) is 1. The number of hydrogen-bond donors (Lipinski definition) is 1. The van der Waals surface area contributed by atoms with E-state index >= 15 is 0 Å². The van der Waals surface area contributed by atoms with Crippen LogP contribution in [0.5, 0.6) is 0 Å². The molecule has 0 amide bonds. The lowest BCUT2D eigenvalue weighted by molar-refractivity contribution is 0.300. The van der Waals surface area contributed by atoms with Gasteiger partial charge >= 0.3 is 0 Å². The van der Waals surface area contributed by atoms with Crippen molar-refractivity contribution in [1.82, 2.24) is 4.90 Å². The van der Waals surface area contributed by atoms with Crippen LogP contribution in [0, 0.1) is 6.92 Å². The second-order valence-corrected chi connectivity index (χ2v) is 5.97. The predicted molar refractivity (Wildman–Crippen MR) is 82.3 cm³/mol. The zero-order chi connectivity index (χ0) is 13.0. The summed E-state index contributed by atoms with van der Waals surface area (Å²) in [6.45, 7) is 8.09. The van der Waals surface area contributed by atoms with Gasteiger partial charge in [0.25, 0.3) is 0 Å². The van der Waals surface area contributed by atoms with Crippen LogP contribution < -0.4 is 5.32 Å². The lowest BCUT2D eigenvalue weighted by Gasteiger charge is -2.20. The Labute approximate surface area is 119 Å². The topological polar surface area (TPSA) is 15.3 Å². The molecule has 1 aromatic rings. The number of rotatable bonds is 3. The molecule has 1 saturated heterocycles. The molecule has 0 bridgehead atoms. The average molecular weight is 311 g/mol. The summed E-state index contributed by atoms with van der Waals surface area (Å²) in [5.41, 5.74) is 2.59. The van der Waals surface area contributed by atoms with Gasteiger partial charge in [0, 0.05) is 22.7 Å². The summed E-state index contributed by atoms with van der Waals surface area (Å²) in [6, 6.07) is 7.01. The number of halogens is 1. The molecule has 1 aliphatic heterocycles. The van der Waals surface area contributed by atoms with Crippen LogP contribution in [0.3, 0.4) is 0 Å². The summed E-state index contributed by atoms with van der Waals surface area (Å²) in [6.07, 6.45) is 3.83. The van der Waals surface area contributed by atoms with E-state index in [9.17, 15) is 0 Å². The maximum atomic E-state index is 3.72. The van der Waals surface area contributed by atoms with Gasteiger partial charge in [0.1, 0.15) is 0 Å². The Hall–Kier alpha value is -0.540. The molecule has 0 aliphatic carbocycles. The number of anilines is 1. The van der Waals surface area contributed by atoms with Gasteiger partial charge in [-0.3, -0.25) is 0 Å². The Balaban J connectivity index is 1.99. The molecule has 0 aromatic heterocycles. The summed E-state index contributed by atoms with van der Waals surface area (Å²) in [5, 5.41) is 3.72. The molecule has 0 spiro atoms. The first-order valence-electron chi connectivity index (χ1n) is 6.94. The van der Waals surface area contributed by atoms with Crippen molar-refractivity contribution in [2.45, 2.75) is 39.2 Å². The van der Waals surface area contributed by atoms with Gasteiger partial charge in [0.05, 0.1) is 0 Å². The highest BCUT2D eigenvalue weighted by Gasteiger charge is 2.16.